The Morgan fingerprint density at radius 3 is 2.71 bits per heavy atom. The highest BCUT2D eigenvalue weighted by atomic mass is 16.5. The number of amides is 2. The van der Waals surface area contributed by atoms with E-state index in [0.29, 0.717) is 25.3 Å². The number of nitrogens with zero attached hydrogens (tertiary/aromatic N) is 4. The van der Waals surface area contributed by atoms with E-state index in [-0.39, 0.29) is 41.9 Å². The number of piperazine rings is 1. The largest absolute Gasteiger partial charge is 0.429 e. The first-order valence-corrected chi connectivity index (χ1v) is 10.9. The van der Waals surface area contributed by atoms with Crippen molar-refractivity contribution in [1.29, 1.82) is 5.26 Å². The molecule has 2 bridgehead atoms. The van der Waals surface area contributed by atoms with Gasteiger partial charge in [-0.05, 0) is 43.9 Å². The van der Waals surface area contributed by atoms with E-state index < -0.39 is 0 Å². The van der Waals surface area contributed by atoms with Crippen molar-refractivity contribution in [2.24, 2.45) is 5.92 Å². The third-order valence-corrected chi connectivity index (χ3v) is 6.89. The van der Waals surface area contributed by atoms with E-state index in [0.717, 1.165) is 31.4 Å². The van der Waals surface area contributed by atoms with Crippen LogP contribution in [0.1, 0.15) is 44.7 Å². The number of ether oxygens (including phenoxy) is 1. The van der Waals surface area contributed by atoms with E-state index in [4.69, 9.17) is 4.74 Å². The molecule has 8 heteroatoms. The molecular formula is C23H28N4O4. The number of hydrogen-bond acceptors (Lipinski definition) is 6. The van der Waals surface area contributed by atoms with E-state index in [9.17, 15) is 19.6 Å². The van der Waals surface area contributed by atoms with Gasteiger partial charge in [-0.3, -0.25) is 19.3 Å². The molecule has 0 radical (unpaired) electrons. The number of rotatable bonds is 7. The molecule has 0 unspecified atom stereocenters. The van der Waals surface area contributed by atoms with Gasteiger partial charge in [-0.2, -0.15) is 5.26 Å². The average molecular weight is 425 g/mol. The van der Waals surface area contributed by atoms with Gasteiger partial charge in [-0.15, -0.1) is 0 Å². The highest BCUT2D eigenvalue weighted by Crippen LogP contribution is 2.38. The van der Waals surface area contributed by atoms with Gasteiger partial charge in [-0.1, -0.05) is 19.1 Å². The summed E-state index contributed by atoms with van der Waals surface area (Å²) in [6.45, 7) is 6.25. The maximum atomic E-state index is 13.1. The number of benzene rings is 1. The molecule has 3 aliphatic heterocycles. The van der Waals surface area contributed by atoms with Gasteiger partial charge >= 0.3 is 0 Å². The summed E-state index contributed by atoms with van der Waals surface area (Å²) in [5, 5.41) is 9.26. The Hall–Kier alpha value is -2.92. The summed E-state index contributed by atoms with van der Waals surface area (Å²) < 4.78 is 4.84. The quantitative estimate of drug-likeness (QED) is 0.619. The molecule has 3 aliphatic rings. The van der Waals surface area contributed by atoms with Crippen molar-refractivity contribution in [3.8, 4) is 11.8 Å². The van der Waals surface area contributed by atoms with Crippen LogP contribution in [0, 0.1) is 17.2 Å². The van der Waals surface area contributed by atoms with Gasteiger partial charge < -0.3 is 14.5 Å². The summed E-state index contributed by atoms with van der Waals surface area (Å²) in [7, 11) is 0. The van der Waals surface area contributed by atoms with Gasteiger partial charge in [0, 0.05) is 31.6 Å². The molecule has 3 heterocycles. The topological polar surface area (TPSA) is 93.9 Å². The normalized spacial score (nSPS) is 27.3. The SMILES string of the molecule is C[C@H](c1ccc(OC=O)cc1)N1C(=O)[C@@H]2C[C@H]1CN2C[C@H](C)C(=O)N1CCC[C@H]1C#N. The van der Waals surface area contributed by atoms with Crippen LogP contribution in [0.25, 0.3) is 0 Å². The van der Waals surface area contributed by atoms with Gasteiger partial charge in [-0.25, -0.2) is 0 Å². The summed E-state index contributed by atoms with van der Waals surface area (Å²) in [6.07, 6.45) is 2.40. The van der Waals surface area contributed by atoms with Crippen molar-refractivity contribution in [2.75, 3.05) is 19.6 Å². The molecule has 0 aliphatic carbocycles. The molecule has 8 nitrogen and oxygen atoms in total. The van der Waals surface area contributed by atoms with Gasteiger partial charge in [0.15, 0.2) is 0 Å². The Kier molecular flexibility index (Phi) is 5.96. The van der Waals surface area contributed by atoms with Crippen molar-refractivity contribution in [3.63, 3.8) is 0 Å². The lowest BCUT2D eigenvalue weighted by Gasteiger charge is -2.38. The molecule has 0 aromatic heterocycles. The summed E-state index contributed by atoms with van der Waals surface area (Å²) in [4.78, 5) is 42.2. The van der Waals surface area contributed by atoms with E-state index in [1.807, 2.05) is 30.9 Å². The molecule has 31 heavy (non-hydrogen) atoms. The second kappa shape index (κ2) is 8.67. The number of carbonyl (C=O) groups excluding carboxylic acids is 3. The Morgan fingerprint density at radius 2 is 2.06 bits per heavy atom. The molecule has 3 saturated heterocycles. The van der Waals surface area contributed by atoms with Crippen molar-refractivity contribution < 1.29 is 19.1 Å². The van der Waals surface area contributed by atoms with Gasteiger partial charge in [0.25, 0.3) is 6.47 Å². The van der Waals surface area contributed by atoms with E-state index >= 15 is 0 Å². The maximum absolute atomic E-state index is 13.1. The van der Waals surface area contributed by atoms with Crippen molar-refractivity contribution in [3.05, 3.63) is 29.8 Å². The zero-order chi connectivity index (χ0) is 22.1. The summed E-state index contributed by atoms with van der Waals surface area (Å²) >= 11 is 0. The summed E-state index contributed by atoms with van der Waals surface area (Å²) in [5.41, 5.74) is 0.992. The van der Waals surface area contributed by atoms with Crippen LogP contribution in [0.4, 0.5) is 0 Å². The minimum atomic E-state index is -0.314. The minimum absolute atomic E-state index is 0.0159. The maximum Gasteiger partial charge on any atom is 0.298 e. The van der Waals surface area contributed by atoms with E-state index in [1.54, 1.807) is 17.0 Å². The average Bonchev–Trinajstić information content (AvgIpc) is 3.48. The molecule has 5 atom stereocenters. The van der Waals surface area contributed by atoms with Crippen LogP contribution in [0.15, 0.2) is 24.3 Å². The highest BCUT2D eigenvalue weighted by Gasteiger charge is 2.51. The van der Waals surface area contributed by atoms with Crippen molar-refractivity contribution in [1.82, 2.24) is 14.7 Å². The van der Waals surface area contributed by atoms with Crippen LogP contribution in [-0.4, -0.2) is 70.7 Å². The number of carbonyl (C=O) groups is 3. The Bertz CT molecular complexity index is 896. The van der Waals surface area contributed by atoms with E-state index in [2.05, 4.69) is 11.0 Å². The molecule has 0 saturated carbocycles. The van der Waals surface area contributed by atoms with E-state index in [1.165, 1.54) is 0 Å². The summed E-state index contributed by atoms with van der Waals surface area (Å²) in [6, 6.07) is 8.99. The van der Waals surface area contributed by atoms with Crippen molar-refractivity contribution in [2.45, 2.75) is 57.3 Å². The van der Waals surface area contributed by atoms with Crippen LogP contribution in [0.2, 0.25) is 0 Å². The van der Waals surface area contributed by atoms with Gasteiger partial charge in [0.2, 0.25) is 11.8 Å². The third-order valence-electron chi connectivity index (χ3n) is 6.89. The fourth-order valence-corrected chi connectivity index (χ4v) is 5.32. The fourth-order valence-electron chi connectivity index (χ4n) is 5.32. The van der Waals surface area contributed by atoms with Gasteiger partial charge in [0.05, 0.1) is 18.2 Å². The monoisotopic (exact) mass is 424 g/mol. The summed E-state index contributed by atoms with van der Waals surface area (Å²) in [5.74, 6) is 0.355. The van der Waals surface area contributed by atoms with Crippen LogP contribution < -0.4 is 4.74 Å². The molecule has 0 spiro atoms. The van der Waals surface area contributed by atoms with Crippen molar-refractivity contribution >= 4 is 18.3 Å². The number of fused-ring (bicyclic) bond motifs is 2. The lowest BCUT2D eigenvalue weighted by atomic mass is 10.0. The number of likely N-dealkylation sites (tertiary alicyclic amines) is 3. The number of nitriles is 1. The zero-order valence-corrected chi connectivity index (χ0v) is 17.9. The first kappa shape index (κ1) is 21.3. The predicted molar refractivity (Wildman–Crippen MR) is 112 cm³/mol. The first-order chi connectivity index (χ1) is 14.9. The van der Waals surface area contributed by atoms with Crippen LogP contribution >= 0.6 is 0 Å². The Morgan fingerprint density at radius 1 is 1.32 bits per heavy atom. The lowest BCUT2D eigenvalue weighted by Crippen LogP contribution is -2.53. The van der Waals surface area contributed by atoms with Crippen LogP contribution in [0.5, 0.6) is 5.75 Å². The molecule has 1 aromatic rings. The number of hydrogen-bond donors (Lipinski definition) is 0. The molecule has 164 valence electrons. The standard InChI is InChI=1S/C23H28N4O4/c1-15(22(29)26-9-3-4-18(26)11-24)12-25-13-19-10-21(25)23(30)27(19)16(2)17-5-7-20(8-6-17)31-14-28/h5-8,14-16,18-19,21H,3-4,9-10,12-13H2,1-2H3/t15-,16+,18-,19-,21-/m0/s1. The first-order valence-electron chi connectivity index (χ1n) is 10.9. The second-order valence-electron chi connectivity index (χ2n) is 8.78. The van der Waals surface area contributed by atoms with Gasteiger partial charge in [0.1, 0.15) is 11.8 Å². The Labute approximate surface area is 182 Å². The molecule has 4 rings (SSSR count). The minimum Gasteiger partial charge on any atom is -0.429 e. The smallest absolute Gasteiger partial charge is 0.298 e. The highest BCUT2D eigenvalue weighted by molar-refractivity contribution is 5.86. The van der Waals surface area contributed by atoms with Crippen LogP contribution in [0.3, 0.4) is 0 Å². The second-order valence-corrected chi connectivity index (χ2v) is 8.78. The third kappa shape index (κ3) is 3.90. The Balaban J connectivity index is 1.38. The molecule has 2 amide bonds. The van der Waals surface area contributed by atoms with Crippen LogP contribution in [-0.2, 0) is 14.4 Å². The predicted octanol–water partition coefficient (Wildman–Crippen LogP) is 1.72. The molecule has 3 fully saturated rings. The zero-order valence-electron chi connectivity index (χ0n) is 17.9. The molecular weight excluding hydrogens is 396 g/mol. The fraction of sp³-hybridized carbons (Fsp3) is 0.565. The lowest BCUT2D eigenvalue weighted by molar-refractivity contribution is -0.142. The molecule has 0 N–H and O–H groups in total. The molecule has 1 aromatic carbocycles.